The Bertz CT molecular complexity index is 709. The quantitative estimate of drug-likeness (QED) is 0.812. The van der Waals surface area contributed by atoms with Crippen LogP contribution in [0.2, 0.25) is 0 Å². The number of aromatic nitrogens is 3. The minimum absolute atomic E-state index is 0.262. The van der Waals surface area contributed by atoms with Crippen LogP contribution in [-0.4, -0.2) is 38.4 Å². The highest BCUT2D eigenvalue weighted by molar-refractivity contribution is 5.76. The van der Waals surface area contributed by atoms with Crippen molar-refractivity contribution in [3.05, 3.63) is 47.8 Å². The van der Waals surface area contributed by atoms with Crippen molar-refractivity contribution in [1.29, 1.82) is 0 Å². The van der Waals surface area contributed by atoms with Crippen LogP contribution < -0.4 is 0 Å². The molecule has 2 aromatic rings. The van der Waals surface area contributed by atoms with Crippen LogP contribution in [0.15, 0.2) is 30.6 Å². The molecule has 1 fully saturated rings. The lowest BCUT2D eigenvalue weighted by Crippen LogP contribution is -2.40. The van der Waals surface area contributed by atoms with E-state index in [1.165, 1.54) is 6.42 Å². The number of piperidine rings is 1. The molecule has 3 heterocycles. The monoisotopic (exact) mass is 340 g/mol. The number of carbonyl (C=O) groups excluding carboxylic acids is 1. The summed E-state index contributed by atoms with van der Waals surface area (Å²) in [5.41, 5.74) is 2.21. The largest absolute Gasteiger partial charge is 0.342 e. The topological polar surface area (TPSA) is 51.0 Å². The molecule has 25 heavy (non-hydrogen) atoms. The van der Waals surface area contributed by atoms with Crippen LogP contribution >= 0.6 is 0 Å². The zero-order valence-corrected chi connectivity index (χ0v) is 15.3. The molecule has 0 aliphatic carbocycles. The van der Waals surface area contributed by atoms with Crippen LogP contribution in [0.4, 0.5) is 0 Å². The van der Waals surface area contributed by atoms with Gasteiger partial charge in [0.05, 0.1) is 0 Å². The molecule has 0 bridgehead atoms. The summed E-state index contributed by atoms with van der Waals surface area (Å²) in [6.45, 7) is 6.60. The van der Waals surface area contributed by atoms with Gasteiger partial charge in [0.25, 0.3) is 0 Å². The maximum Gasteiger partial charge on any atom is 0.224 e. The van der Waals surface area contributed by atoms with Gasteiger partial charge in [0, 0.05) is 56.3 Å². The molecule has 1 amide bonds. The summed E-state index contributed by atoms with van der Waals surface area (Å²) in [5.74, 6) is 1.83. The number of aryl methyl sites for hydroxylation is 3. The first-order valence-electron chi connectivity index (χ1n) is 9.36. The van der Waals surface area contributed by atoms with Crippen molar-refractivity contribution < 1.29 is 4.79 Å². The number of carbonyl (C=O) groups is 1. The molecular weight excluding hydrogens is 312 g/mol. The molecule has 1 atom stereocenters. The van der Waals surface area contributed by atoms with Crippen molar-refractivity contribution in [1.82, 2.24) is 19.4 Å². The fraction of sp³-hybridized carbons (Fsp3) is 0.550. The van der Waals surface area contributed by atoms with Gasteiger partial charge in [-0.25, -0.2) is 4.98 Å². The molecule has 5 heteroatoms. The Balaban J connectivity index is 1.52. The van der Waals surface area contributed by atoms with Crippen molar-refractivity contribution in [3.63, 3.8) is 0 Å². The van der Waals surface area contributed by atoms with Crippen LogP contribution in [0, 0.1) is 12.8 Å². The molecular formula is C20H28N4O. The number of hydrogen-bond donors (Lipinski definition) is 0. The normalized spacial score (nSPS) is 17.7. The van der Waals surface area contributed by atoms with E-state index < -0.39 is 0 Å². The first-order chi connectivity index (χ1) is 12.2. The first kappa shape index (κ1) is 17.6. The summed E-state index contributed by atoms with van der Waals surface area (Å²) in [6.07, 6.45) is 8.47. The summed E-state index contributed by atoms with van der Waals surface area (Å²) >= 11 is 0. The Labute approximate surface area is 150 Å². The van der Waals surface area contributed by atoms with E-state index in [9.17, 15) is 4.79 Å². The predicted octanol–water partition coefficient (Wildman–Crippen LogP) is 3.02. The summed E-state index contributed by atoms with van der Waals surface area (Å²) in [7, 11) is 0. The molecule has 0 aromatic carbocycles. The van der Waals surface area contributed by atoms with Crippen LogP contribution in [0.1, 0.15) is 43.4 Å². The van der Waals surface area contributed by atoms with E-state index in [0.29, 0.717) is 12.3 Å². The zero-order chi connectivity index (χ0) is 17.6. The number of nitrogens with zero attached hydrogens (tertiary/aromatic N) is 4. The lowest BCUT2D eigenvalue weighted by atomic mass is 9.93. The molecule has 0 N–H and O–H groups in total. The maximum atomic E-state index is 12.6. The second kappa shape index (κ2) is 8.28. The van der Waals surface area contributed by atoms with Crippen molar-refractivity contribution in [2.45, 2.75) is 52.5 Å². The van der Waals surface area contributed by atoms with Crippen LogP contribution in [0.3, 0.4) is 0 Å². The molecule has 2 aromatic heterocycles. The number of rotatable bonds is 6. The Kier molecular flexibility index (Phi) is 5.84. The summed E-state index contributed by atoms with van der Waals surface area (Å²) < 4.78 is 2.09. The minimum atomic E-state index is 0.262. The van der Waals surface area contributed by atoms with E-state index in [4.69, 9.17) is 0 Å². The smallest absolute Gasteiger partial charge is 0.224 e. The molecule has 134 valence electrons. The standard InChI is InChI=1S/C20H28N4O/c1-3-19-21-10-13-23(19)12-9-20(25)24-11-5-7-17(15-24)14-18-8-4-6-16(2)22-18/h4,6,8,10,13,17H,3,5,7,9,11-12,14-15H2,1-2H3. The summed E-state index contributed by atoms with van der Waals surface area (Å²) in [6, 6.07) is 6.19. The maximum absolute atomic E-state index is 12.6. The Morgan fingerprint density at radius 3 is 3.04 bits per heavy atom. The third-order valence-corrected chi connectivity index (χ3v) is 5.00. The minimum Gasteiger partial charge on any atom is -0.342 e. The molecule has 1 aliphatic heterocycles. The Morgan fingerprint density at radius 2 is 2.24 bits per heavy atom. The van der Waals surface area contributed by atoms with Gasteiger partial charge in [-0.2, -0.15) is 0 Å². The molecule has 1 aliphatic rings. The average Bonchev–Trinajstić information content (AvgIpc) is 3.07. The lowest BCUT2D eigenvalue weighted by molar-refractivity contribution is -0.133. The van der Waals surface area contributed by atoms with E-state index in [1.807, 2.05) is 30.3 Å². The van der Waals surface area contributed by atoms with Gasteiger partial charge in [0.15, 0.2) is 0 Å². The zero-order valence-electron chi connectivity index (χ0n) is 15.3. The van der Waals surface area contributed by atoms with Crippen molar-refractivity contribution in [2.24, 2.45) is 5.92 Å². The van der Waals surface area contributed by atoms with Gasteiger partial charge < -0.3 is 9.47 Å². The van der Waals surface area contributed by atoms with Crippen molar-refractivity contribution >= 4 is 5.91 Å². The van der Waals surface area contributed by atoms with E-state index in [2.05, 4.69) is 33.6 Å². The van der Waals surface area contributed by atoms with Gasteiger partial charge in [-0.05, 0) is 44.2 Å². The highest BCUT2D eigenvalue weighted by atomic mass is 16.2. The molecule has 0 saturated carbocycles. The summed E-state index contributed by atoms with van der Waals surface area (Å²) in [5, 5.41) is 0. The first-order valence-corrected chi connectivity index (χ1v) is 9.36. The molecule has 5 nitrogen and oxygen atoms in total. The van der Waals surface area contributed by atoms with Crippen molar-refractivity contribution in [3.8, 4) is 0 Å². The third-order valence-electron chi connectivity index (χ3n) is 5.00. The van der Waals surface area contributed by atoms with Gasteiger partial charge in [-0.1, -0.05) is 13.0 Å². The van der Waals surface area contributed by atoms with Gasteiger partial charge >= 0.3 is 0 Å². The second-order valence-corrected chi connectivity index (χ2v) is 6.96. The van der Waals surface area contributed by atoms with Gasteiger partial charge in [0.1, 0.15) is 5.82 Å². The number of likely N-dealkylation sites (tertiary alicyclic amines) is 1. The third kappa shape index (κ3) is 4.68. The van der Waals surface area contributed by atoms with Gasteiger partial charge in [-0.3, -0.25) is 9.78 Å². The highest BCUT2D eigenvalue weighted by Gasteiger charge is 2.24. The fourth-order valence-electron chi connectivity index (χ4n) is 3.70. The van der Waals surface area contributed by atoms with Crippen LogP contribution in [-0.2, 0) is 24.2 Å². The molecule has 3 rings (SSSR count). The molecule has 1 unspecified atom stereocenters. The van der Waals surface area contributed by atoms with E-state index in [-0.39, 0.29) is 5.91 Å². The number of pyridine rings is 1. The SMILES string of the molecule is CCc1nccn1CCC(=O)N1CCCC(Cc2cccc(C)n2)C1. The van der Waals surface area contributed by atoms with E-state index in [1.54, 1.807) is 0 Å². The number of hydrogen-bond acceptors (Lipinski definition) is 3. The van der Waals surface area contributed by atoms with Crippen LogP contribution in [0.25, 0.3) is 0 Å². The molecule has 0 radical (unpaired) electrons. The summed E-state index contributed by atoms with van der Waals surface area (Å²) in [4.78, 5) is 23.6. The van der Waals surface area contributed by atoms with Crippen LogP contribution in [0.5, 0.6) is 0 Å². The molecule has 0 spiro atoms. The fourth-order valence-corrected chi connectivity index (χ4v) is 3.70. The number of amides is 1. The highest BCUT2D eigenvalue weighted by Crippen LogP contribution is 2.21. The number of imidazole rings is 1. The molecule has 1 saturated heterocycles. The predicted molar refractivity (Wildman–Crippen MR) is 98.2 cm³/mol. The van der Waals surface area contributed by atoms with E-state index >= 15 is 0 Å². The second-order valence-electron chi connectivity index (χ2n) is 6.96. The lowest BCUT2D eigenvalue weighted by Gasteiger charge is -2.33. The van der Waals surface area contributed by atoms with Gasteiger partial charge in [-0.15, -0.1) is 0 Å². The van der Waals surface area contributed by atoms with Crippen molar-refractivity contribution in [2.75, 3.05) is 13.1 Å². The Hall–Kier alpha value is -2.17. The van der Waals surface area contributed by atoms with Gasteiger partial charge in [0.2, 0.25) is 5.91 Å². The average molecular weight is 340 g/mol. The Morgan fingerprint density at radius 1 is 1.36 bits per heavy atom. The van der Waals surface area contributed by atoms with E-state index in [0.717, 1.165) is 56.1 Å².